The molecule has 0 aromatic heterocycles. The average molecular weight is 280 g/mol. The minimum absolute atomic E-state index is 0.303. The van der Waals surface area contributed by atoms with Gasteiger partial charge in [0.1, 0.15) is 5.82 Å². The highest BCUT2D eigenvalue weighted by Gasteiger charge is 2.14. The molecule has 112 valence electrons. The van der Waals surface area contributed by atoms with Gasteiger partial charge in [-0.15, -0.1) is 0 Å². The Kier molecular flexibility index (Phi) is 5.95. The zero-order valence-electron chi connectivity index (χ0n) is 12.2. The van der Waals surface area contributed by atoms with Gasteiger partial charge in [0, 0.05) is 19.1 Å². The monoisotopic (exact) mass is 280 g/mol. The van der Waals surface area contributed by atoms with Crippen molar-refractivity contribution in [2.24, 2.45) is 0 Å². The number of rotatable bonds is 6. The Morgan fingerprint density at radius 3 is 2.75 bits per heavy atom. The molecule has 0 bridgehead atoms. The number of likely N-dealkylation sites (tertiary alicyclic amines) is 1. The maximum atomic E-state index is 13.1. The fraction of sp³-hybridized carbons (Fsp3) is 0.625. The normalized spacial score (nSPS) is 19.8. The third kappa shape index (κ3) is 4.85. The van der Waals surface area contributed by atoms with Gasteiger partial charge in [0.2, 0.25) is 0 Å². The van der Waals surface area contributed by atoms with Crippen molar-refractivity contribution < 1.29 is 9.50 Å². The van der Waals surface area contributed by atoms with E-state index in [1.165, 1.54) is 44.5 Å². The van der Waals surface area contributed by atoms with Gasteiger partial charge in [-0.05, 0) is 50.6 Å². The summed E-state index contributed by atoms with van der Waals surface area (Å²) in [6.07, 6.45) is 3.27. The zero-order valence-corrected chi connectivity index (χ0v) is 12.2. The molecular weight excluding hydrogens is 255 g/mol. The second-order valence-electron chi connectivity index (χ2n) is 5.74. The van der Waals surface area contributed by atoms with E-state index in [9.17, 15) is 9.50 Å². The lowest BCUT2D eigenvalue weighted by Gasteiger charge is -2.29. The number of nitrogens with zero attached hydrogens (tertiary/aromatic N) is 1. The molecule has 0 spiro atoms. The number of piperidine rings is 1. The van der Waals surface area contributed by atoms with Crippen molar-refractivity contribution in [1.82, 2.24) is 10.2 Å². The predicted octanol–water partition coefficient (Wildman–Crippen LogP) is 2.32. The topological polar surface area (TPSA) is 35.5 Å². The molecule has 20 heavy (non-hydrogen) atoms. The number of aliphatic hydroxyl groups is 1. The molecule has 0 radical (unpaired) electrons. The lowest BCUT2D eigenvalue weighted by molar-refractivity contribution is 0.159. The Morgan fingerprint density at radius 1 is 1.30 bits per heavy atom. The standard InChI is InChI=1S/C16H25FN2O/c1-13(12-19-8-3-2-4-9-19)18-11-16(20)14-6-5-7-15(17)10-14/h5-7,10,13,16,18,20H,2-4,8-9,11-12H2,1H3. The summed E-state index contributed by atoms with van der Waals surface area (Å²) >= 11 is 0. The van der Waals surface area contributed by atoms with Crippen molar-refractivity contribution in [2.75, 3.05) is 26.2 Å². The van der Waals surface area contributed by atoms with Crippen LogP contribution < -0.4 is 5.32 Å². The van der Waals surface area contributed by atoms with Crippen LogP contribution in [-0.4, -0.2) is 42.2 Å². The summed E-state index contributed by atoms with van der Waals surface area (Å²) in [5.41, 5.74) is 0.627. The van der Waals surface area contributed by atoms with Gasteiger partial charge in [0.05, 0.1) is 6.10 Å². The van der Waals surface area contributed by atoms with E-state index in [-0.39, 0.29) is 5.82 Å². The number of halogens is 1. The first-order chi connectivity index (χ1) is 9.65. The second-order valence-corrected chi connectivity index (χ2v) is 5.74. The first kappa shape index (κ1) is 15.4. The molecule has 2 atom stereocenters. The van der Waals surface area contributed by atoms with E-state index in [1.807, 2.05) is 0 Å². The summed E-state index contributed by atoms with van der Waals surface area (Å²) in [4.78, 5) is 2.47. The zero-order chi connectivity index (χ0) is 14.4. The van der Waals surface area contributed by atoms with Gasteiger partial charge in [0.25, 0.3) is 0 Å². The van der Waals surface area contributed by atoms with Crippen LogP contribution in [0.3, 0.4) is 0 Å². The molecule has 1 aromatic rings. The molecule has 0 aliphatic carbocycles. The molecule has 1 fully saturated rings. The van der Waals surface area contributed by atoms with E-state index >= 15 is 0 Å². The molecule has 1 aromatic carbocycles. The lowest BCUT2D eigenvalue weighted by atomic mass is 10.1. The maximum absolute atomic E-state index is 13.1. The Balaban J connectivity index is 1.73. The quantitative estimate of drug-likeness (QED) is 0.839. The summed E-state index contributed by atoms with van der Waals surface area (Å²) in [6.45, 7) is 5.96. The van der Waals surface area contributed by atoms with Crippen LogP contribution in [0.5, 0.6) is 0 Å². The van der Waals surface area contributed by atoms with Crippen LogP contribution in [0.1, 0.15) is 37.9 Å². The van der Waals surface area contributed by atoms with Crippen LogP contribution in [-0.2, 0) is 0 Å². The van der Waals surface area contributed by atoms with Gasteiger partial charge in [-0.25, -0.2) is 4.39 Å². The minimum Gasteiger partial charge on any atom is -0.387 e. The van der Waals surface area contributed by atoms with Crippen molar-refractivity contribution in [1.29, 1.82) is 0 Å². The molecule has 1 saturated heterocycles. The fourth-order valence-corrected chi connectivity index (χ4v) is 2.74. The maximum Gasteiger partial charge on any atom is 0.123 e. The summed E-state index contributed by atoms with van der Waals surface area (Å²) in [6, 6.07) is 6.50. The Labute approximate surface area is 120 Å². The van der Waals surface area contributed by atoms with E-state index in [4.69, 9.17) is 0 Å². The number of aliphatic hydroxyl groups excluding tert-OH is 1. The van der Waals surface area contributed by atoms with Crippen LogP contribution in [0.4, 0.5) is 4.39 Å². The van der Waals surface area contributed by atoms with Gasteiger partial charge in [-0.3, -0.25) is 0 Å². The van der Waals surface area contributed by atoms with Gasteiger partial charge in [0.15, 0.2) is 0 Å². The van der Waals surface area contributed by atoms with Crippen molar-refractivity contribution in [2.45, 2.75) is 38.3 Å². The van der Waals surface area contributed by atoms with Gasteiger partial charge < -0.3 is 15.3 Å². The average Bonchev–Trinajstić information content (AvgIpc) is 2.46. The number of benzene rings is 1. The first-order valence-electron chi connectivity index (χ1n) is 7.54. The molecule has 2 unspecified atom stereocenters. The predicted molar refractivity (Wildman–Crippen MR) is 79.1 cm³/mol. The summed E-state index contributed by atoms with van der Waals surface area (Å²) in [5.74, 6) is -0.303. The van der Waals surface area contributed by atoms with Gasteiger partial charge in [-0.2, -0.15) is 0 Å². The smallest absolute Gasteiger partial charge is 0.123 e. The highest BCUT2D eigenvalue weighted by molar-refractivity contribution is 5.18. The SMILES string of the molecule is CC(CN1CCCCC1)NCC(O)c1cccc(F)c1. The second kappa shape index (κ2) is 7.72. The molecule has 0 amide bonds. The van der Waals surface area contributed by atoms with Crippen molar-refractivity contribution >= 4 is 0 Å². The fourth-order valence-electron chi connectivity index (χ4n) is 2.74. The summed E-state index contributed by atoms with van der Waals surface area (Å²) in [5, 5.41) is 13.4. The highest BCUT2D eigenvalue weighted by Crippen LogP contribution is 2.13. The lowest BCUT2D eigenvalue weighted by Crippen LogP contribution is -2.42. The number of hydrogen-bond acceptors (Lipinski definition) is 3. The third-order valence-corrected chi connectivity index (χ3v) is 3.87. The van der Waals surface area contributed by atoms with Crippen LogP contribution in [0, 0.1) is 5.82 Å². The van der Waals surface area contributed by atoms with E-state index in [0.717, 1.165) is 6.54 Å². The van der Waals surface area contributed by atoms with Crippen LogP contribution in [0.25, 0.3) is 0 Å². The van der Waals surface area contributed by atoms with Gasteiger partial charge in [-0.1, -0.05) is 18.6 Å². The summed E-state index contributed by atoms with van der Waals surface area (Å²) < 4.78 is 13.1. The minimum atomic E-state index is -0.658. The molecule has 2 N–H and O–H groups in total. The van der Waals surface area contributed by atoms with Crippen molar-refractivity contribution in [3.63, 3.8) is 0 Å². The van der Waals surface area contributed by atoms with E-state index < -0.39 is 6.10 Å². The van der Waals surface area contributed by atoms with E-state index in [2.05, 4.69) is 17.1 Å². The Morgan fingerprint density at radius 2 is 2.05 bits per heavy atom. The molecule has 2 rings (SSSR count). The molecule has 1 aliphatic rings. The first-order valence-corrected chi connectivity index (χ1v) is 7.54. The number of nitrogens with one attached hydrogen (secondary N) is 1. The van der Waals surface area contributed by atoms with Crippen LogP contribution in [0.2, 0.25) is 0 Å². The molecule has 1 aliphatic heterocycles. The Hall–Kier alpha value is -0.970. The van der Waals surface area contributed by atoms with Crippen molar-refractivity contribution in [3.05, 3.63) is 35.6 Å². The number of hydrogen-bond donors (Lipinski definition) is 2. The van der Waals surface area contributed by atoms with E-state index in [0.29, 0.717) is 18.2 Å². The van der Waals surface area contributed by atoms with Gasteiger partial charge >= 0.3 is 0 Å². The summed E-state index contributed by atoms with van der Waals surface area (Å²) in [7, 11) is 0. The highest BCUT2D eigenvalue weighted by atomic mass is 19.1. The third-order valence-electron chi connectivity index (χ3n) is 3.87. The molecule has 3 nitrogen and oxygen atoms in total. The molecule has 1 heterocycles. The molecular formula is C16H25FN2O. The van der Waals surface area contributed by atoms with Crippen LogP contribution >= 0.6 is 0 Å². The Bertz CT molecular complexity index is 407. The van der Waals surface area contributed by atoms with Crippen molar-refractivity contribution in [3.8, 4) is 0 Å². The largest absolute Gasteiger partial charge is 0.387 e. The molecule has 0 saturated carbocycles. The van der Waals surface area contributed by atoms with Crippen LogP contribution in [0.15, 0.2) is 24.3 Å². The molecule has 4 heteroatoms. The van der Waals surface area contributed by atoms with E-state index in [1.54, 1.807) is 12.1 Å².